The van der Waals surface area contributed by atoms with Crippen molar-refractivity contribution in [2.24, 2.45) is 5.10 Å². The molecule has 0 aliphatic heterocycles. The van der Waals surface area contributed by atoms with Gasteiger partial charge in [0.1, 0.15) is 5.75 Å². The zero-order chi connectivity index (χ0) is 16.7. The normalized spacial score (nSPS) is 10.6. The fourth-order valence-electron chi connectivity index (χ4n) is 1.77. The number of benzene rings is 2. The molecule has 5 nitrogen and oxygen atoms in total. The van der Waals surface area contributed by atoms with Crippen molar-refractivity contribution in [2.75, 3.05) is 25.6 Å². The van der Waals surface area contributed by atoms with Crippen molar-refractivity contribution in [1.29, 1.82) is 0 Å². The Morgan fingerprint density at radius 3 is 2.57 bits per heavy atom. The van der Waals surface area contributed by atoms with Gasteiger partial charge in [0.15, 0.2) is 6.61 Å². The Morgan fingerprint density at radius 2 is 1.91 bits per heavy atom. The van der Waals surface area contributed by atoms with Crippen LogP contribution in [0.5, 0.6) is 5.75 Å². The van der Waals surface area contributed by atoms with Gasteiger partial charge in [-0.3, -0.25) is 4.79 Å². The molecule has 0 bridgehead atoms. The second kappa shape index (κ2) is 8.33. The minimum atomic E-state index is -0.318. The van der Waals surface area contributed by atoms with Gasteiger partial charge in [-0.1, -0.05) is 24.3 Å². The molecule has 0 unspecified atom stereocenters. The molecule has 0 spiro atoms. The van der Waals surface area contributed by atoms with E-state index in [1.54, 1.807) is 12.3 Å². The van der Waals surface area contributed by atoms with Gasteiger partial charge < -0.3 is 9.64 Å². The van der Waals surface area contributed by atoms with Gasteiger partial charge in [0, 0.05) is 19.8 Å². The lowest BCUT2D eigenvalue weighted by molar-refractivity contribution is -0.123. The highest BCUT2D eigenvalue weighted by Crippen LogP contribution is 2.23. The number of halogens is 1. The van der Waals surface area contributed by atoms with Crippen LogP contribution in [-0.4, -0.2) is 32.8 Å². The van der Waals surface area contributed by atoms with E-state index in [2.05, 4.69) is 26.5 Å². The van der Waals surface area contributed by atoms with E-state index in [-0.39, 0.29) is 12.5 Å². The van der Waals surface area contributed by atoms with Gasteiger partial charge in [-0.05, 0) is 45.8 Å². The molecule has 0 atom stereocenters. The molecule has 0 aromatic heterocycles. The number of hydrazone groups is 1. The summed E-state index contributed by atoms with van der Waals surface area (Å²) in [5.41, 5.74) is 4.45. The summed E-state index contributed by atoms with van der Waals surface area (Å²) in [4.78, 5) is 13.7. The number of ether oxygens (including phenoxy) is 1. The largest absolute Gasteiger partial charge is 0.483 e. The summed E-state index contributed by atoms with van der Waals surface area (Å²) in [6.07, 6.45) is 1.59. The monoisotopic (exact) mass is 375 g/mol. The number of nitrogens with zero attached hydrogens (tertiary/aromatic N) is 2. The number of carbonyl (C=O) groups excluding carboxylic acids is 1. The zero-order valence-electron chi connectivity index (χ0n) is 13.0. The highest BCUT2D eigenvalue weighted by atomic mass is 79.9. The van der Waals surface area contributed by atoms with Crippen LogP contribution in [0.25, 0.3) is 0 Å². The fraction of sp³-hybridized carbons (Fsp3) is 0.176. The maximum Gasteiger partial charge on any atom is 0.277 e. The van der Waals surface area contributed by atoms with E-state index in [0.717, 1.165) is 15.7 Å². The summed E-state index contributed by atoms with van der Waals surface area (Å²) in [5.74, 6) is 0.299. The second-order valence-electron chi connectivity index (χ2n) is 5.00. The molecule has 0 saturated heterocycles. The van der Waals surface area contributed by atoms with Crippen molar-refractivity contribution in [3.63, 3.8) is 0 Å². The first kappa shape index (κ1) is 17.0. The smallest absolute Gasteiger partial charge is 0.277 e. The zero-order valence-corrected chi connectivity index (χ0v) is 14.6. The van der Waals surface area contributed by atoms with Crippen molar-refractivity contribution in [2.45, 2.75) is 0 Å². The molecule has 1 amide bonds. The highest BCUT2D eigenvalue weighted by Gasteiger charge is 2.03. The minimum Gasteiger partial charge on any atom is -0.483 e. The van der Waals surface area contributed by atoms with Crippen LogP contribution in [0.4, 0.5) is 5.69 Å². The molecule has 2 aromatic rings. The van der Waals surface area contributed by atoms with E-state index >= 15 is 0 Å². The van der Waals surface area contributed by atoms with Gasteiger partial charge in [-0.15, -0.1) is 0 Å². The lowest BCUT2D eigenvalue weighted by atomic mass is 10.2. The molecule has 0 fully saturated rings. The van der Waals surface area contributed by atoms with Crippen LogP contribution in [0.15, 0.2) is 58.1 Å². The van der Waals surface area contributed by atoms with Crippen LogP contribution in [-0.2, 0) is 4.79 Å². The summed E-state index contributed by atoms with van der Waals surface area (Å²) >= 11 is 3.36. The number of hydrogen-bond donors (Lipinski definition) is 1. The first-order valence-corrected chi connectivity index (χ1v) is 7.82. The first-order valence-electron chi connectivity index (χ1n) is 7.03. The highest BCUT2D eigenvalue weighted by molar-refractivity contribution is 9.10. The van der Waals surface area contributed by atoms with Gasteiger partial charge in [-0.2, -0.15) is 5.10 Å². The lowest BCUT2D eigenvalue weighted by Crippen LogP contribution is -2.24. The minimum absolute atomic E-state index is 0.0977. The molecule has 0 radical (unpaired) electrons. The maximum atomic E-state index is 11.7. The molecular weight excluding hydrogens is 358 g/mol. The Hall–Kier alpha value is -2.34. The fourth-order valence-corrected chi connectivity index (χ4v) is 2.17. The van der Waals surface area contributed by atoms with Crippen LogP contribution in [0.1, 0.15) is 5.56 Å². The first-order chi connectivity index (χ1) is 11.1. The molecule has 6 heteroatoms. The van der Waals surface area contributed by atoms with E-state index < -0.39 is 0 Å². The number of hydrogen-bond acceptors (Lipinski definition) is 4. The quantitative estimate of drug-likeness (QED) is 0.623. The van der Waals surface area contributed by atoms with Gasteiger partial charge in [0.05, 0.1) is 10.7 Å². The van der Waals surface area contributed by atoms with Crippen LogP contribution >= 0.6 is 15.9 Å². The predicted molar refractivity (Wildman–Crippen MR) is 96.1 cm³/mol. The molecule has 1 N–H and O–H groups in total. The van der Waals surface area contributed by atoms with E-state index in [1.807, 2.05) is 61.5 Å². The van der Waals surface area contributed by atoms with E-state index in [0.29, 0.717) is 5.75 Å². The third kappa shape index (κ3) is 5.41. The van der Waals surface area contributed by atoms with Crippen molar-refractivity contribution >= 4 is 33.7 Å². The molecule has 0 aliphatic carbocycles. The maximum absolute atomic E-state index is 11.7. The van der Waals surface area contributed by atoms with Gasteiger partial charge >= 0.3 is 0 Å². The van der Waals surface area contributed by atoms with Gasteiger partial charge in [0.25, 0.3) is 5.91 Å². The van der Waals surface area contributed by atoms with Crippen LogP contribution < -0.4 is 15.1 Å². The summed E-state index contributed by atoms with van der Waals surface area (Å²) in [7, 11) is 3.96. The summed E-state index contributed by atoms with van der Waals surface area (Å²) in [6, 6.07) is 15.2. The summed E-state index contributed by atoms with van der Waals surface area (Å²) in [5, 5.41) is 3.92. The Bertz CT molecular complexity index is 684. The number of anilines is 1. The Kier molecular flexibility index (Phi) is 6.17. The summed E-state index contributed by atoms with van der Waals surface area (Å²) < 4.78 is 6.21. The number of amides is 1. The Morgan fingerprint density at radius 1 is 1.22 bits per heavy atom. The molecule has 0 aliphatic rings. The lowest BCUT2D eigenvalue weighted by Gasteiger charge is -2.11. The predicted octanol–water partition coefficient (Wildman–Crippen LogP) is 3.04. The van der Waals surface area contributed by atoms with E-state index in [1.165, 1.54) is 0 Å². The number of nitrogens with one attached hydrogen (secondary N) is 1. The third-order valence-corrected chi connectivity index (χ3v) is 3.66. The van der Waals surface area contributed by atoms with Crippen molar-refractivity contribution < 1.29 is 9.53 Å². The van der Waals surface area contributed by atoms with Crippen molar-refractivity contribution in [3.05, 3.63) is 58.6 Å². The standard InChI is InChI=1S/C17H18BrN3O2/c1-21(2)14-9-7-13(8-10-14)11-19-20-17(22)12-23-16-6-4-3-5-15(16)18/h3-11H,12H2,1-2H3,(H,20,22)/b19-11-. The number of carbonyl (C=O) groups is 1. The molecular formula is C17H18BrN3O2. The molecule has 0 heterocycles. The van der Waals surface area contributed by atoms with Crippen molar-refractivity contribution in [1.82, 2.24) is 5.43 Å². The van der Waals surface area contributed by atoms with Gasteiger partial charge in [-0.25, -0.2) is 5.43 Å². The molecule has 23 heavy (non-hydrogen) atoms. The topological polar surface area (TPSA) is 53.9 Å². The Labute approximate surface area is 144 Å². The van der Waals surface area contributed by atoms with Crippen LogP contribution in [0.3, 0.4) is 0 Å². The second-order valence-corrected chi connectivity index (χ2v) is 5.85. The average molecular weight is 376 g/mol. The van der Waals surface area contributed by atoms with Gasteiger partial charge in [0.2, 0.25) is 0 Å². The van der Waals surface area contributed by atoms with E-state index in [9.17, 15) is 4.79 Å². The molecule has 120 valence electrons. The van der Waals surface area contributed by atoms with Crippen LogP contribution in [0, 0.1) is 0 Å². The average Bonchev–Trinajstić information content (AvgIpc) is 2.54. The number of para-hydroxylation sites is 1. The molecule has 2 aromatic carbocycles. The van der Waals surface area contributed by atoms with E-state index in [4.69, 9.17) is 4.74 Å². The third-order valence-electron chi connectivity index (χ3n) is 3.01. The SMILES string of the molecule is CN(C)c1ccc(/C=N\NC(=O)COc2ccccc2Br)cc1. The number of rotatable bonds is 6. The van der Waals surface area contributed by atoms with Crippen molar-refractivity contribution in [3.8, 4) is 5.75 Å². The molecule has 2 rings (SSSR count). The summed E-state index contributed by atoms with van der Waals surface area (Å²) in [6.45, 7) is -0.0977. The molecule has 0 saturated carbocycles. The Balaban J connectivity index is 1.80. The van der Waals surface area contributed by atoms with Crippen LogP contribution in [0.2, 0.25) is 0 Å².